The molecular weight excluding hydrogens is 286 g/mol. The van der Waals surface area contributed by atoms with E-state index in [4.69, 9.17) is 0 Å². The van der Waals surface area contributed by atoms with Crippen LogP contribution in [0.3, 0.4) is 0 Å². The number of hydrogen-bond acceptors (Lipinski definition) is 3. The quantitative estimate of drug-likeness (QED) is 0.785. The second kappa shape index (κ2) is 7.75. The van der Waals surface area contributed by atoms with E-state index < -0.39 is 5.60 Å². The number of rotatable bonds is 8. The number of aromatic nitrogens is 2. The highest BCUT2D eigenvalue weighted by atomic mass is 16.3. The average Bonchev–Trinajstić information content (AvgIpc) is 2.98. The third-order valence-electron chi connectivity index (χ3n) is 4.38. The molecule has 0 amide bonds. The van der Waals surface area contributed by atoms with E-state index in [2.05, 4.69) is 48.5 Å². The van der Waals surface area contributed by atoms with Crippen molar-refractivity contribution >= 4 is 0 Å². The number of benzene rings is 1. The summed E-state index contributed by atoms with van der Waals surface area (Å²) >= 11 is 0. The molecule has 0 bridgehead atoms. The van der Waals surface area contributed by atoms with E-state index in [1.807, 2.05) is 20.2 Å². The molecule has 0 aliphatic heterocycles. The minimum Gasteiger partial charge on any atom is -0.384 e. The monoisotopic (exact) mass is 315 g/mol. The number of aryl methyl sites for hydroxylation is 2. The second-order valence-electron chi connectivity index (χ2n) is 6.62. The van der Waals surface area contributed by atoms with Crippen LogP contribution in [-0.4, -0.2) is 21.4 Å². The van der Waals surface area contributed by atoms with E-state index in [9.17, 15) is 5.11 Å². The molecule has 1 aromatic heterocycles. The molecule has 0 aliphatic rings. The zero-order valence-corrected chi connectivity index (χ0v) is 14.7. The van der Waals surface area contributed by atoms with Crippen molar-refractivity contribution in [2.24, 2.45) is 7.05 Å². The van der Waals surface area contributed by atoms with Crippen molar-refractivity contribution < 1.29 is 5.11 Å². The van der Waals surface area contributed by atoms with Gasteiger partial charge in [-0.15, -0.1) is 0 Å². The summed E-state index contributed by atoms with van der Waals surface area (Å²) in [6, 6.07) is 8.98. The summed E-state index contributed by atoms with van der Waals surface area (Å²) in [6.07, 6.45) is 7.18. The average molecular weight is 315 g/mol. The molecule has 0 spiro atoms. The lowest BCUT2D eigenvalue weighted by Crippen LogP contribution is -2.36. The Labute approximate surface area is 139 Å². The van der Waals surface area contributed by atoms with Crippen molar-refractivity contribution in [3.05, 3.63) is 53.3 Å². The van der Waals surface area contributed by atoms with E-state index in [1.54, 1.807) is 10.9 Å². The van der Waals surface area contributed by atoms with Gasteiger partial charge in [-0.3, -0.25) is 4.68 Å². The molecule has 4 heteroatoms. The fourth-order valence-electron chi connectivity index (χ4n) is 2.62. The Morgan fingerprint density at radius 3 is 2.57 bits per heavy atom. The first-order chi connectivity index (χ1) is 10.9. The van der Waals surface area contributed by atoms with Gasteiger partial charge in [-0.2, -0.15) is 5.10 Å². The molecule has 2 unspecified atom stereocenters. The Morgan fingerprint density at radius 2 is 2.00 bits per heavy atom. The fourth-order valence-corrected chi connectivity index (χ4v) is 2.62. The van der Waals surface area contributed by atoms with E-state index in [0.717, 1.165) is 12.0 Å². The third-order valence-corrected chi connectivity index (χ3v) is 4.38. The third kappa shape index (κ3) is 4.91. The number of unbranched alkanes of at least 4 members (excludes halogenated alkanes) is 1. The molecule has 0 fully saturated rings. The lowest BCUT2D eigenvalue weighted by Gasteiger charge is -2.25. The number of hydrogen-bond donors (Lipinski definition) is 2. The van der Waals surface area contributed by atoms with E-state index >= 15 is 0 Å². The molecule has 2 rings (SSSR count). The van der Waals surface area contributed by atoms with E-state index in [-0.39, 0.29) is 6.04 Å². The Bertz CT molecular complexity index is 601. The van der Waals surface area contributed by atoms with Gasteiger partial charge in [-0.25, -0.2) is 0 Å². The maximum Gasteiger partial charge on any atom is 0.102 e. The molecule has 1 heterocycles. The van der Waals surface area contributed by atoms with Gasteiger partial charge >= 0.3 is 0 Å². The van der Waals surface area contributed by atoms with Crippen LogP contribution in [0.25, 0.3) is 0 Å². The zero-order valence-electron chi connectivity index (χ0n) is 14.7. The minimum absolute atomic E-state index is 0.193. The van der Waals surface area contributed by atoms with E-state index in [0.29, 0.717) is 6.54 Å². The SMILES string of the molecule is CCCCc1ccc(C(C)NCC(C)(O)c2cnn(C)c2)cc1. The van der Waals surface area contributed by atoms with Crippen molar-refractivity contribution in [1.82, 2.24) is 15.1 Å². The topological polar surface area (TPSA) is 50.1 Å². The minimum atomic E-state index is -0.927. The number of nitrogens with one attached hydrogen (secondary N) is 1. The Balaban J connectivity index is 1.92. The first kappa shape index (κ1) is 17.7. The zero-order chi connectivity index (χ0) is 16.9. The number of aliphatic hydroxyl groups is 1. The Morgan fingerprint density at radius 1 is 1.30 bits per heavy atom. The van der Waals surface area contributed by atoms with Gasteiger partial charge in [0, 0.05) is 31.4 Å². The molecule has 4 nitrogen and oxygen atoms in total. The molecule has 1 aromatic carbocycles. The predicted molar refractivity (Wildman–Crippen MR) is 94.3 cm³/mol. The van der Waals surface area contributed by atoms with Gasteiger partial charge in [-0.1, -0.05) is 37.6 Å². The van der Waals surface area contributed by atoms with Gasteiger partial charge in [0.15, 0.2) is 0 Å². The van der Waals surface area contributed by atoms with Crippen LogP contribution in [0.4, 0.5) is 0 Å². The van der Waals surface area contributed by atoms with Crippen molar-refractivity contribution in [2.75, 3.05) is 6.54 Å². The standard InChI is InChI=1S/C19H29N3O/c1-5-6-7-16-8-10-17(11-9-16)15(2)20-14-19(3,23)18-12-21-22(4)13-18/h8-13,15,20,23H,5-7,14H2,1-4H3. The maximum absolute atomic E-state index is 10.6. The summed E-state index contributed by atoms with van der Waals surface area (Å²) in [6.45, 7) is 6.64. The van der Waals surface area contributed by atoms with Gasteiger partial charge < -0.3 is 10.4 Å². The van der Waals surface area contributed by atoms with Crippen LogP contribution in [0.5, 0.6) is 0 Å². The molecule has 0 aliphatic carbocycles. The lowest BCUT2D eigenvalue weighted by molar-refractivity contribution is 0.0543. The maximum atomic E-state index is 10.6. The van der Waals surface area contributed by atoms with Crippen LogP contribution >= 0.6 is 0 Å². The highest BCUT2D eigenvalue weighted by Crippen LogP contribution is 2.21. The summed E-state index contributed by atoms with van der Waals surface area (Å²) in [5, 5.41) is 18.2. The van der Waals surface area contributed by atoms with Gasteiger partial charge in [0.25, 0.3) is 0 Å². The van der Waals surface area contributed by atoms with Crippen LogP contribution in [0.2, 0.25) is 0 Å². The van der Waals surface area contributed by atoms with Crippen molar-refractivity contribution in [3.8, 4) is 0 Å². The van der Waals surface area contributed by atoms with Crippen molar-refractivity contribution in [3.63, 3.8) is 0 Å². The predicted octanol–water partition coefficient (Wildman–Crippen LogP) is 3.32. The van der Waals surface area contributed by atoms with Gasteiger partial charge in [-0.05, 0) is 37.8 Å². The summed E-state index contributed by atoms with van der Waals surface area (Å²) in [7, 11) is 1.86. The van der Waals surface area contributed by atoms with Gasteiger partial charge in [0.1, 0.15) is 5.60 Å². The molecule has 0 radical (unpaired) electrons. The Kier molecular flexibility index (Phi) is 5.97. The Hall–Kier alpha value is -1.65. The first-order valence-electron chi connectivity index (χ1n) is 8.46. The molecule has 23 heavy (non-hydrogen) atoms. The molecule has 0 saturated heterocycles. The summed E-state index contributed by atoms with van der Waals surface area (Å²) < 4.78 is 1.71. The first-order valence-corrected chi connectivity index (χ1v) is 8.46. The summed E-state index contributed by atoms with van der Waals surface area (Å²) in [5.41, 5.74) is 2.54. The number of nitrogens with zero attached hydrogens (tertiary/aromatic N) is 2. The van der Waals surface area contributed by atoms with Crippen LogP contribution in [0.15, 0.2) is 36.7 Å². The largest absolute Gasteiger partial charge is 0.384 e. The molecule has 2 aromatic rings. The summed E-state index contributed by atoms with van der Waals surface area (Å²) in [5.74, 6) is 0. The normalized spacial score (nSPS) is 15.3. The fraction of sp³-hybridized carbons (Fsp3) is 0.526. The van der Waals surface area contributed by atoms with Crippen LogP contribution in [0.1, 0.15) is 56.3 Å². The van der Waals surface area contributed by atoms with Crippen LogP contribution < -0.4 is 5.32 Å². The highest BCUT2D eigenvalue weighted by Gasteiger charge is 2.25. The van der Waals surface area contributed by atoms with Crippen molar-refractivity contribution in [2.45, 2.75) is 51.7 Å². The van der Waals surface area contributed by atoms with Crippen LogP contribution in [-0.2, 0) is 19.1 Å². The van der Waals surface area contributed by atoms with Gasteiger partial charge in [0.2, 0.25) is 0 Å². The van der Waals surface area contributed by atoms with Crippen LogP contribution in [0, 0.1) is 0 Å². The molecule has 2 N–H and O–H groups in total. The van der Waals surface area contributed by atoms with E-state index in [1.165, 1.54) is 24.0 Å². The second-order valence-corrected chi connectivity index (χ2v) is 6.62. The highest BCUT2D eigenvalue weighted by molar-refractivity contribution is 5.25. The smallest absolute Gasteiger partial charge is 0.102 e. The van der Waals surface area contributed by atoms with Crippen molar-refractivity contribution in [1.29, 1.82) is 0 Å². The molecular formula is C19H29N3O. The molecule has 2 atom stereocenters. The van der Waals surface area contributed by atoms with Gasteiger partial charge in [0.05, 0.1) is 6.20 Å². The molecule has 126 valence electrons. The summed E-state index contributed by atoms with van der Waals surface area (Å²) in [4.78, 5) is 0. The lowest BCUT2D eigenvalue weighted by atomic mass is 9.98. The molecule has 0 saturated carbocycles.